The van der Waals surface area contributed by atoms with E-state index in [1.807, 2.05) is 31.2 Å². The van der Waals surface area contributed by atoms with Gasteiger partial charge in [-0.1, -0.05) is 12.1 Å². The molecule has 1 heterocycles. The van der Waals surface area contributed by atoms with Crippen molar-refractivity contribution in [3.63, 3.8) is 0 Å². The van der Waals surface area contributed by atoms with Crippen molar-refractivity contribution < 1.29 is 8.63 Å². The molecule has 4 nitrogen and oxygen atoms in total. The third kappa shape index (κ3) is 2.58. The number of nitrogens with zero attached hydrogens (tertiary/aromatic N) is 1. The number of fused-ring (bicyclic) bond motifs is 1. The summed E-state index contributed by atoms with van der Waals surface area (Å²) in [6.45, 7) is 1.98. The minimum Gasteiger partial charge on any atom is -0.440 e. The van der Waals surface area contributed by atoms with Gasteiger partial charge in [0.1, 0.15) is 11.3 Å². The summed E-state index contributed by atoms with van der Waals surface area (Å²) >= 11 is 0. The molecule has 102 valence electrons. The van der Waals surface area contributed by atoms with E-state index in [2.05, 4.69) is 4.98 Å². The lowest BCUT2D eigenvalue weighted by atomic mass is 10.2. The lowest BCUT2D eigenvalue weighted by Crippen LogP contribution is -1.96. The Morgan fingerprint density at radius 1 is 1.25 bits per heavy atom. The van der Waals surface area contributed by atoms with Crippen molar-refractivity contribution in [3.8, 4) is 0 Å². The van der Waals surface area contributed by atoms with Crippen molar-refractivity contribution in [1.82, 2.24) is 4.98 Å². The topological polar surface area (TPSA) is 69.1 Å². The van der Waals surface area contributed by atoms with Crippen molar-refractivity contribution in [2.45, 2.75) is 17.6 Å². The molecular formula is C15H14N2O2S. The number of hydrogen-bond donors (Lipinski definition) is 1. The largest absolute Gasteiger partial charge is 0.440 e. The Bertz CT molecular complexity index is 795. The highest BCUT2D eigenvalue weighted by atomic mass is 32.2. The number of hydrogen-bond acceptors (Lipinski definition) is 4. The summed E-state index contributed by atoms with van der Waals surface area (Å²) in [5.41, 5.74) is 8.76. The van der Waals surface area contributed by atoms with Crippen LogP contribution in [0.15, 0.2) is 51.8 Å². The van der Waals surface area contributed by atoms with E-state index in [0.29, 0.717) is 17.2 Å². The van der Waals surface area contributed by atoms with Crippen LogP contribution in [0.3, 0.4) is 0 Å². The van der Waals surface area contributed by atoms with E-state index in [1.54, 1.807) is 18.2 Å². The molecule has 0 radical (unpaired) electrons. The van der Waals surface area contributed by atoms with Gasteiger partial charge in [0.25, 0.3) is 0 Å². The van der Waals surface area contributed by atoms with E-state index in [-0.39, 0.29) is 5.75 Å². The number of aryl methyl sites for hydroxylation is 1. The lowest BCUT2D eigenvalue weighted by Gasteiger charge is -2.00. The van der Waals surface area contributed by atoms with Gasteiger partial charge >= 0.3 is 0 Å². The zero-order valence-electron chi connectivity index (χ0n) is 11.0. The molecule has 0 aliphatic rings. The minimum absolute atomic E-state index is 0.262. The summed E-state index contributed by atoms with van der Waals surface area (Å²) in [4.78, 5) is 5.11. The Morgan fingerprint density at radius 3 is 2.90 bits per heavy atom. The zero-order valence-corrected chi connectivity index (χ0v) is 11.8. The summed E-state index contributed by atoms with van der Waals surface area (Å²) in [6.07, 6.45) is 0. The van der Waals surface area contributed by atoms with Crippen molar-refractivity contribution in [1.29, 1.82) is 0 Å². The maximum absolute atomic E-state index is 12.3. The van der Waals surface area contributed by atoms with E-state index in [0.717, 1.165) is 16.0 Å². The van der Waals surface area contributed by atoms with Gasteiger partial charge in [0.15, 0.2) is 5.58 Å². The number of nitrogen functional groups attached to an aromatic ring is 1. The van der Waals surface area contributed by atoms with Crippen LogP contribution in [0, 0.1) is 6.92 Å². The molecule has 0 saturated heterocycles. The molecule has 2 aromatic carbocycles. The average molecular weight is 286 g/mol. The number of anilines is 1. The van der Waals surface area contributed by atoms with Crippen LogP contribution in [-0.2, 0) is 16.6 Å². The van der Waals surface area contributed by atoms with Crippen molar-refractivity contribution in [2.75, 3.05) is 5.73 Å². The fourth-order valence-corrected chi connectivity index (χ4v) is 3.07. The normalized spacial score (nSPS) is 12.7. The van der Waals surface area contributed by atoms with Crippen LogP contribution < -0.4 is 5.73 Å². The second kappa shape index (κ2) is 5.09. The molecule has 1 unspecified atom stereocenters. The molecule has 0 spiro atoms. The maximum atomic E-state index is 12.3. The molecule has 20 heavy (non-hydrogen) atoms. The predicted octanol–water partition coefficient (Wildman–Crippen LogP) is 3.03. The van der Waals surface area contributed by atoms with Crippen LogP contribution >= 0.6 is 0 Å². The maximum Gasteiger partial charge on any atom is 0.208 e. The van der Waals surface area contributed by atoms with Gasteiger partial charge in [0.05, 0.1) is 10.8 Å². The van der Waals surface area contributed by atoms with E-state index in [1.165, 1.54) is 0 Å². The number of nitrogens with two attached hydrogens (primary N) is 1. The Labute approximate surface area is 119 Å². The van der Waals surface area contributed by atoms with Gasteiger partial charge in [-0.05, 0) is 36.8 Å². The Kier molecular flexibility index (Phi) is 3.28. The minimum atomic E-state index is -1.16. The van der Waals surface area contributed by atoms with Crippen LogP contribution in [0.1, 0.15) is 11.5 Å². The molecular weight excluding hydrogens is 272 g/mol. The van der Waals surface area contributed by atoms with Gasteiger partial charge in [0.2, 0.25) is 5.89 Å². The highest BCUT2D eigenvalue weighted by molar-refractivity contribution is 7.84. The highest BCUT2D eigenvalue weighted by Crippen LogP contribution is 2.20. The first kappa shape index (κ1) is 12.9. The first-order valence-corrected chi connectivity index (χ1v) is 7.54. The molecule has 1 atom stereocenters. The van der Waals surface area contributed by atoms with E-state index >= 15 is 0 Å². The Balaban J connectivity index is 1.87. The van der Waals surface area contributed by atoms with E-state index in [9.17, 15) is 4.21 Å². The second-order valence-electron chi connectivity index (χ2n) is 4.64. The monoisotopic (exact) mass is 286 g/mol. The number of benzene rings is 2. The third-order valence-corrected chi connectivity index (χ3v) is 4.25. The van der Waals surface area contributed by atoms with Crippen LogP contribution in [-0.4, -0.2) is 9.19 Å². The fourth-order valence-electron chi connectivity index (χ4n) is 2.00. The predicted molar refractivity (Wildman–Crippen MR) is 79.7 cm³/mol. The average Bonchev–Trinajstić information content (AvgIpc) is 2.80. The first-order valence-electron chi connectivity index (χ1n) is 6.22. The van der Waals surface area contributed by atoms with Crippen molar-refractivity contribution >= 4 is 27.6 Å². The molecule has 0 fully saturated rings. The van der Waals surface area contributed by atoms with Crippen LogP contribution in [0.2, 0.25) is 0 Å². The quantitative estimate of drug-likeness (QED) is 0.751. The van der Waals surface area contributed by atoms with Crippen LogP contribution in [0.25, 0.3) is 11.1 Å². The number of rotatable bonds is 3. The number of aromatic nitrogens is 1. The third-order valence-electron chi connectivity index (χ3n) is 2.96. The SMILES string of the molecule is Cc1cccc(S(=O)Cc2nc3ccc(N)cc3o2)c1. The summed E-state index contributed by atoms with van der Waals surface area (Å²) in [5.74, 6) is 0.725. The number of oxazole rings is 1. The van der Waals surface area contributed by atoms with Crippen molar-refractivity contribution in [2.24, 2.45) is 0 Å². The fraction of sp³-hybridized carbons (Fsp3) is 0.133. The smallest absolute Gasteiger partial charge is 0.208 e. The summed E-state index contributed by atoms with van der Waals surface area (Å²) in [6, 6.07) is 12.9. The van der Waals surface area contributed by atoms with Gasteiger partial charge in [0, 0.05) is 16.6 Å². The van der Waals surface area contributed by atoms with Crippen molar-refractivity contribution in [3.05, 3.63) is 53.9 Å². The molecule has 0 aliphatic heterocycles. The standard InChI is InChI=1S/C15H14N2O2S/c1-10-3-2-4-12(7-10)20(18)9-15-17-13-6-5-11(16)8-14(13)19-15/h2-8H,9,16H2,1H3. The van der Waals surface area contributed by atoms with Gasteiger partial charge in [-0.2, -0.15) is 0 Å². The Hall–Kier alpha value is -2.14. The Morgan fingerprint density at radius 2 is 2.10 bits per heavy atom. The van der Waals surface area contributed by atoms with E-state index in [4.69, 9.17) is 10.2 Å². The second-order valence-corrected chi connectivity index (χ2v) is 6.09. The summed E-state index contributed by atoms with van der Waals surface area (Å²) < 4.78 is 17.9. The molecule has 5 heteroatoms. The van der Waals surface area contributed by atoms with E-state index < -0.39 is 10.8 Å². The van der Waals surface area contributed by atoms with Crippen LogP contribution in [0.5, 0.6) is 0 Å². The zero-order chi connectivity index (χ0) is 14.1. The molecule has 0 bridgehead atoms. The summed E-state index contributed by atoms with van der Waals surface area (Å²) in [7, 11) is -1.16. The molecule has 3 rings (SSSR count). The van der Waals surface area contributed by atoms with Gasteiger partial charge in [-0.25, -0.2) is 4.98 Å². The molecule has 0 aliphatic carbocycles. The highest BCUT2D eigenvalue weighted by Gasteiger charge is 2.11. The molecule has 3 aromatic rings. The van der Waals surface area contributed by atoms with Crippen LogP contribution in [0.4, 0.5) is 5.69 Å². The van der Waals surface area contributed by atoms with Gasteiger partial charge in [-0.15, -0.1) is 0 Å². The van der Waals surface area contributed by atoms with Gasteiger partial charge < -0.3 is 10.2 Å². The summed E-state index contributed by atoms with van der Waals surface area (Å²) in [5, 5.41) is 0. The molecule has 0 saturated carbocycles. The molecule has 1 aromatic heterocycles. The van der Waals surface area contributed by atoms with Gasteiger partial charge in [-0.3, -0.25) is 4.21 Å². The molecule has 0 amide bonds. The lowest BCUT2D eigenvalue weighted by molar-refractivity contribution is 0.552. The molecule has 2 N–H and O–H groups in total. The first-order chi connectivity index (χ1) is 9.61.